The molecule has 2 aromatic heterocycles. The SMILES string of the molecule is Cc1cc2nnc(SCC(=O)N3CCCCCCC3)n2c2ccccc12. The molecule has 1 aliphatic heterocycles. The van der Waals surface area contributed by atoms with Crippen molar-refractivity contribution >= 4 is 34.2 Å². The van der Waals surface area contributed by atoms with E-state index in [-0.39, 0.29) is 5.91 Å². The molecule has 1 saturated heterocycles. The summed E-state index contributed by atoms with van der Waals surface area (Å²) >= 11 is 1.49. The third-order valence-corrected chi connectivity index (χ3v) is 6.02. The van der Waals surface area contributed by atoms with Crippen LogP contribution in [0.2, 0.25) is 0 Å². The highest BCUT2D eigenvalue weighted by Crippen LogP contribution is 2.26. The van der Waals surface area contributed by atoms with E-state index < -0.39 is 0 Å². The van der Waals surface area contributed by atoms with Gasteiger partial charge < -0.3 is 4.90 Å². The quantitative estimate of drug-likeness (QED) is 0.654. The first-order valence-corrected chi connectivity index (χ1v) is 10.4. The molecule has 1 aromatic carbocycles. The van der Waals surface area contributed by atoms with Crippen molar-refractivity contribution in [3.8, 4) is 0 Å². The van der Waals surface area contributed by atoms with Crippen molar-refractivity contribution in [2.75, 3.05) is 18.8 Å². The zero-order valence-electron chi connectivity index (χ0n) is 15.1. The number of aryl methyl sites for hydroxylation is 1. The van der Waals surface area contributed by atoms with Crippen LogP contribution >= 0.6 is 11.8 Å². The van der Waals surface area contributed by atoms with Crippen LogP contribution in [0.4, 0.5) is 0 Å². The number of amides is 1. The number of thioether (sulfide) groups is 1. The fourth-order valence-corrected chi connectivity index (χ4v) is 4.54. The van der Waals surface area contributed by atoms with Gasteiger partial charge in [-0.2, -0.15) is 0 Å². The van der Waals surface area contributed by atoms with Crippen LogP contribution in [0, 0.1) is 6.92 Å². The normalized spacial score (nSPS) is 16.0. The Labute approximate surface area is 157 Å². The van der Waals surface area contributed by atoms with Crippen LogP contribution < -0.4 is 0 Å². The third-order valence-electron chi connectivity index (χ3n) is 5.11. The molecule has 4 rings (SSSR count). The van der Waals surface area contributed by atoms with Gasteiger partial charge in [-0.05, 0) is 37.5 Å². The van der Waals surface area contributed by atoms with Gasteiger partial charge in [0.15, 0.2) is 10.8 Å². The van der Waals surface area contributed by atoms with Gasteiger partial charge in [0.1, 0.15) is 0 Å². The predicted molar refractivity (Wildman–Crippen MR) is 106 cm³/mol. The Hall–Kier alpha value is -2.08. The molecule has 136 valence electrons. The monoisotopic (exact) mass is 368 g/mol. The lowest BCUT2D eigenvalue weighted by molar-refractivity contribution is -0.128. The number of likely N-dealkylation sites (tertiary alicyclic amines) is 1. The number of carbonyl (C=O) groups excluding carboxylic acids is 1. The maximum atomic E-state index is 12.7. The van der Waals surface area contributed by atoms with Crippen molar-refractivity contribution in [2.24, 2.45) is 0 Å². The number of pyridine rings is 1. The lowest BCUT2D eigenvalue weighted by Gasteiger charge is -2.24. The fourth-order valence-electron chi connectivity index (χ4n) is 3.68. The number of hydrogen-bond acceptors (Lipinski definition) is 4. The van der Waals surface area contributed by atoms with Crippen LogP contribution in [-0.2, 0) is 4.79 Å². The van der Waals surface area contributed by atoms with Crippen LogP contribution in [0.3, 0.4) is 0 Å². The van der Waals surface area contributed by atoms with Crippen molar-refractivity contribution in [1.82, 2.24) is 19.5 Å². The van der Waals surface area contributed by atoms with Gasteiger partial charge in [-0.1, -0.05) is 49.2 Å². The van der Waals surface area contributed by atoms with Crippen LogP contribution in [0.5, 0.6) is 0 Å². The van der Waals surface area contributed by atoms with Crippen LogP contribution in [0.1, 0.15) is 37.7 Å². The summed E-state index contributed by atoms with van der Waals surface area (Å²) in [6, 6.07) is 10.3. The first-order valence-electron chi connectivity index (χ1n) is 9.38. The molecule has 0 radical (unpaired) electrons. The number of carbonyl (C=O) groups is 1. The van der Waals surface area contributed by atoms with E-state index in [0.29, 0.717) is 5.75 Å². The molecule has 5 nitrogen and oxygen atoms in total. The van der Waals surface area contributed by atoms with E-state index in [2.05, 4.69) is 39.7 Å². The zero-order chi connectivity index (χ0) is 17.9. The van der Waals surface area contributed by atoms with Crippen molar-refractivity contribution in [3.05, 3.63) is 35.9 Å². The minimum atomic E-state index is 0.213. The molecule has 1 amide bonds. The summed E-state index contributed by atoms with van der Waals surface area (Å²) in [5.41, 5.74) is 3.12. The summed E-state index contributed by atoms with van der Waals surface area (Å²) < 4.78 is 2.06. The predicted octanol–water partition coefficient (Wildman–Crippen LogP) is 4.08. The summed E-state index contributed by atoms with van der Waals surface area (Å²) in [7, 11) is 0. The second-order valence-corrected chi connectivity index (χ2v) is 7.90. The van der Waals surface area contributed by atoms with E-state index in [1.54, 1.807) is 0 Å². The Morgan fingerprint density at radius 3 is 2.62 bits per heavy atom. The number of hydrogen-bond donors (Lipinski definition) is 0. The molecule has 0 saturated carbocycles. The molecule has 0 bridgehead atoms. The Balaban J connectivity index is 1.56. The van der Waals surface area contributed by atoms with Crippen LogP contribution in [-0.4, -0.2) is 44.2 Å². The van der Waals surface area contributed by atoms with E-state index in [9.17, 15) is 4.79 Å². The van der Waals surface area contributed by atoms with Crippen molar-refractivity contribution < 1.29 is 4.79 Å². The highest BCUT2D eigenvalue weighted by Gasteiger charge is 2.17. The molecule has 0 spiro atoms. The number of benzene rings is 1. The fraction of sp³-hybridized carbons (Fsp3) is 0.450. The molecule has 0 unspecified atom stereocenters. The summed E-state index contributed by atoms with van der Waals surface area (Å²) in [6.07, 6.45) is 6.01. The number of rotatable bonds is 3. The zero-order valence-corrected chi connectivity index (χ0v) is 16.0. The first-order chi connectivity index (χ1) is 12.7. The van der Waals surface area contributed by atoms with E-state index >= 15 is 0 Å². The van der Waals surface area contributed by atoms with Crippen LogP contribution in [0.25, 0.3) is 16.6 Å². The van der Waals surface area contributed by atoms with Gasteiger partial charge in [0, 0.05) is 18.5 Å². The standard InChI is InChI=1S/C20H24N4OS/c1-15-13-18-21-22-20(24(18)17-10-6-5-9-16(15)17)26-14-19(25)23-11-7-3-2-4-8-12-23/h5-6,9-10,13H,2-4,7-8,11-12,14H2,1H3. The molecule has 1 fully saturated rings. The number of fused-ring (bicyclic) bond motifs is 3. The minimum absolute atomic E-state index is 0.213. The summed E-state index contributed by atoms with van der Waals surface area (Å²) in [6.45, 7) is 3.87. The van der Waals surface area contributed by atoms with E-state index in [1.807, 2.05) is 17.0 Å². The molecule has 1 aliphatic rings. The summed E-state index contributed by atoms with van der Waals surface area (Å²) in [4.78, 5) is 14.7. The molecule has 0 atom stereocenters. The van der Waals surface area contributed by atoms with E-state index in [4.69, 9.17) is 0 Å². The summed E-state index contributed by atoms with van der Waals surface area (Å²) in [5, 5.41) is 10.6. The molecule has 0 aliphatic carbocycles. The van der Waals surface area contributed by atoms with Gasteiger partial charge in [-0.3, -0.25) is 9.20 Å². The smallest absolute Gasteiger partial charge is 0.233 e. The van der Waals surface area contributed by atoms with E-state index in [0.717, 1.165) is 42.3 Å². The Morgan fingerprint density at radius 1 is 1.08 bits per heavy atom. The number of nitrogens with zero attached hydrogens (tertiary/aromatic N) is 4. The van der Waals surface area contributed by atoms with Crippen molar-refractivity contribution in [1.29, 1.82) is 0 Å². The largest absolute Gasteiger partial charge is 0.342 e. The second-order valence-electron chi connectivity index (χ2n) is 6.96. The number of para-hydroxylation sites is 1. The average Bonchev–Trinajstić information content (AvgIpc) is 3.02. The maximum Gasteiger partial charge on any atom is 0.233 e. The number of aromatic nitrogens is 3. The van der Waals surface area contributed by atoms with Crippen LogP contribution in [0.15, 0.2) is 35.5 Å². The average molecular weight is 369 g/mol. The van der Waals surface area contributed by atoms with Crippen molar-refractivity contribution in [2.45, 2.75) is 44.2 Å². The molecule has 6 heteroatoms. The molecular weight excluding hydrogens is 344 g/mol. The Bertz CT molecular complexity index is 928. The topological polar surface area (TPSA) is 50.5 Å². The Morgan fingerprint density at radius 2 is 1.81 bits per heavy atom. The highest BCUT2D eigenvalue weighted by molar-refractivity contribution is 7.99. The van der Waals surface area contributed by atoms with Gasteiger partial charge in [-0.15, -0.1) is 10.2 Å². The van der Waals surface area contributed by atoms with E-state index in [1.165, 1.54) is 42.0 Å². The molecule has 0 N–H and O–H groups in total. The lowest BCUT2D eigenvalue weighted by Crippen LogP contribution is -2.35. The summed E-state index contributed by atoms with van der Waals surface area (Å²) in [5.74, 6) is 0.633. The van der Waals surface area contributed by atoms with Gasteiger partial charge in [0.25, 0.3) is 0 Å². The van der Waals surface area contributed by atoms with Gasteiger partial charge in [0.2, 0.25) is 5.91 Å². The third kappa shape index (κ3) is 3.43. The molecule has 3 heterocycles. The van der Waals surface area contributed by atoms with Gasteiger partial charge in [-0.25, -0.2) is 0 Å². The maximum absolute atomic E-state index is 12.7. The van der Waals surface area contributed by atoms with Gasteiger partial charge >= 0.3 is 0 Å². The molecule has 26 heavy (non-hydrogen) atoms. The lowest BCUT2D eigenvalue weighted by atomic mass is 10.1. The molecular formula is C20H24N4OS. The van der Waals surface area contributed by atoms with Crippen molar-refractivity contribution in [3.63, 3.8) is 0 Å². The second kappa shape index (κ2) is 7.66. The first kappa shape index (κ1) is 17.3. The van der Waals surface area contributed by atoms with Gasteiger partial charge in [0.05, 0.1) is 11.3 Å². The Kier molecular flexibility index (Phi) is 5.11. The highest BCUT2D eigenvalue weighted by atomic mass is 32.2. The molecule has 3 aromatic rings. The minimum Gasteiger partial charge on any atom is -0.342 e.